The summed E-state index contributed by atoms with van der Waals surface area (Å²) in [6.45, 7) is 1.86. The van der Waals surface area contributed by atoms with Gasteiger partial charge >= 0.3 is 0 Å². The molecular formula is C12H15N5. The number of hydrazine groups is 1. The van der Waals surface area contributed by atoms with Gasteiger partial charge in [-0.3, -0.25) is 16.3 Å². The van der Waals surface area contributed by atoms with E-state index in [9.17, 15) is 0 Å². The minimum atomic E-state index is -0.0147. The van der Waals surface area contributed by atoms with Gasteiger partial charge in [-0.2, -0.15) is 0 Å². The first-order valence-corrected chi connectivity index (χ1v) is 5.44. The highest BCUT2D eigenvalue weighted by molar-refractivity contribution is 5.16. The summed E-state index contributed by atoms with van der Waals surface area (Å²) in [5.74, 6) is 6.32. The third kappa shape index (κ3) is 3.05. The van der Waals surface area contributed by atoms with Crippen LogP contribution in [0.3, 0.4) is 0 Å². The average Bonchev–Trinajstić information content (AvgIpc) is 2.37. The Morgan fingerprint density at radius 1 is 1.24 bits per heavy atom. The molecule has 0 aliphatic heterocycles. The van der Waals surface area contributed by atoms with Crippen LogP contribution in [0.1, 0.15) is 23.1 Å². The highest BCUT2D eigenvalue weighted by Gasteiger charge is 2.12. The van der Waals surface area contributed by atoms with Gasteiger partial charge in [0, 0.05) is 18.6 Å². The summed E-state index contributed by atoms with van der Waals surface area (Å²) >= 11 is 0. The number of hydrogen-bond acceptors (Lipinski definition) is 5. The van der Waals surface area contributed by atoms with Gasteiger partial charge in [0.25, 0.3) is 0 Å². The first kappa shape index (κ1) is 11.6. The second kappa shape index (κ2) is 5.47. The van der Waals surface area contributed by atoms with Crippen molar-refractivity contribution in [2.75, 3.05) is 0 Å². The van der Waals surface area contributed by atoms with Crippen LogP contribution in [0, 0.1) is 6.92 Å². The van der Waals surface area contributed by atoms with E-state index in [1.54, 1.807) is 18.6 Å². The Morgan fingerprint density at radius 2 is 2.00 bits per heavy atom. The van der Waals surface area contributed by atoms with E-state index in [-0.39, 0.29) is 6.04 Å². The zero-order valence-electron chi connectivity index (χ0n) is 9.67. The minimum absolute atomic E-state index is 0.0147. The monoisotopic (exact) mass is 229 g/mol. The second-order valence-corrected chi connectivity index (χ2v) is 3.81. The molecule has 2 heterocycles. The Bertz CT molecular complexity index is 471. The lowest BCUT2D eigenvalue weighted by Gasteiger charge is -2.15. The van der Waals surface area contributed by atoms with E-state index >= 15 is 0 Å². The molecule has 0 radical (unpaired) electrons. The summed E-state index contributed by atoms with van der Waals surface area (Å²) in [4.78, 5) is 12.4. The molecule has 17 heavy (non-hydrogen) atoms. The van der Waals surface area contributed by atoms with E-state index in [0.29, 0.717) is 0 Å². The van der Waals surface area contributed by atoms with Crippen molar-refractivity contribution < 1.29 is 0 Å². The maximum Gasteiger partial charge on any atom is 0.125 e. The summed E-state index contributed by atoms with van der Waals surface area (Å²) in [5, 5.41) is 0. The zero-order chi connectivity index (χ0) is 12.1. The van der Waals surface area contributed by atoms with Crippen LogP contribution in [0.15, 0.2) is 36.8 Å². The highest BCUT2D eigenvalue weighted by atomic mass is 15.2. The normalized spacial score (nSPS) is 12.4. The van der Waals surface area contributed by atoms with Gasteiger partial charge in [0.05, 0.1) is 11.7 Å². The van der Waals surface area contributed by atoms with E-state index < -0.39 is 0 Å². The molecule has 0 bridgehead atoms. The highest BCUT2D eigenvalue weighted by Crippen LogP contribution is 2.14. The maximum absolute atomic E-state index is 5.58. The molecule has 88 valence electrons. The van der Waals surface area contributed by atoms with Gasteiger partial charge in [-0.1, -0.05) is 0 Å². The van der Waals surface area contributed by atoms with E-state index in [1.807, 2.05) is 25.1 Å². The molecule has 3 N–H and O–H groups in total. The van der Waals surface area contributed by atoms with Gasteiger partial charge in [-0.25, -0.2) is 9.97 Å². The van der Waals surface area contributed by atoms with E-state index in [4.69, 9.17) is 5.84 Å². The molecule has 0 aliphatic rings. The van der Waals surface area contributed by atoms with Crippen molar-refractivity contribution in [1.82, 2.24) is 20.4 Å². The molecule has 0 spiro atoms. The quantitative estimate of drug-likeness (QED) is 0.602. The molecule has 0 amide bonds. The van der Waals surface area contributed by atoms with Crippen LogP contribution in [0.4, 0.5) is 0 Å². The molecule has 0 aliphatic carbocycles. The Balaban J connectivity index is 2.17. The molecule has 0 fully saturated rings. The number of hydrogen-bond donors (Lipinski definition) is 2. The van der Waals surface area contributed by atoms with Crippen LogP contribution >= 0.6 is 0 Å². The van der Waals surface area contributed by atoms with Crippen LogP contribution in [-0.4, -0.2) is 15.0 Å². The van der Waals surface area contributed by atoms with Crippen LogP contribution in [0.2, 0.25) is 0 Å². The maximum atomic E-state index is 5.58. The average molecular weight is 229 g/mol. The largest absolute Gasteiger partial charge is 0.271 e. The first-order valence-electron chi connectivity index (χ1n) is 5.44. The molecule has 2 aromatic heterocycles. The molecule has 5 heteroatoms. The molecule has 0 saturated heterocycles. The van der Waals surface area contributed by atoms with Crippen molar-refractivity contribution in [3.63, 3.8) is 0 Å². The smallest absolute Gasteiger partial charge is 0.125 e. The fraction of sp³-hybridized carbons (Fsp3) is 0.250. The number of aromatic nitrogens is 3. The van der Waals surface area contributed by atoms with Crippen LogP contribution in [0.25, 0.3) is 0 Å². The summed E-state index contributed by atoms with van der Waals surface area (Å²) in [7, 11) is 0. The third-order valence-electron chi connectivity index (χ3n) is 2.54. The molecule has 5 nitrogen and oxygen atoms in total. The van der Waals surface area contributed by atoms with E-state index in [1.165, 1.54) is 5.56 Å². The Kier molecular flexibility index (Phi) is 3.74. The topological polar surface area (TPSA) is 76.7 Å². The lowest BCUT2D eigenvalue weighted by atomic mass is 10.0. The van der Waals surface area contributed by atoms with Crippen molar-refractivity contribution in [1.29, 1.82) is 0 Å². The molecular weight excluding hydrogens is 214 g/mol. The summed E-state index contributed by atoms with van der Waals surface area (Å²) < 4.78 is 0. The summed E-state index contributed by atoms with van der Waals surface area (Å²) in [5.41, 5.74) is 4.85. The number of nitrogens with two attached hydrogens (primary N) is 1. The Hall–Kier alpha value is -1.85. The summed E-state index contributed by atoms with van der Waals surface area (Å²) in [6.07, 6.45) is 6.06. The van der Waals surface area contributed by atoms with Crippen molar-refractivity contribution >= 4 is 0 Å². The lowest BCUT2D eigenvalue weighted by Crippen LogP contribution is -2.30. The van der Waals surface area contributed by atoms with Gasteiger partial charge < -0.3 is 0 Å². The van der Waals surface area contributed by atoms with E-state index in [2.05, 4.69) is 20.4 Å². The number of pyridine rings is 1. The van der Waals surface area contributed by atoms with Crippen LogP contribution in [0.5, 0.6) is 0 Å². The Labute approximate surface area is 100 Å². The molecule has 1 unspecified atom stereocenters. The van der Waals surface area contributed by atoms with E-state index in [0.717, 1.165) is 17.9 Å². The predicted octanol–water partition coefficient (Wildman–Crippen LogP) is 0.927. The number of aryl methyl sites for hydroxylation is 1. The standard InChI is InChI=1S/C12H15N5/c1-9-15-7-4-11(16-9)12(17-13)8-10-2-5-14-6-3-10/h2-7,12,17H,8,13H2,1H3. The fourth-order valence-electron chi connectivity index (χ4n) is 1.67. The van der Waals surface area contributed by atoms with Gasteiger partial charge in [-0.05, 0) is 37.1 Å². The second-order valence-electron chi connectivity index (χ2n) is 3.81. The van der Waals surface area contributed by atoms with Crippen molar-refractivity contribution in [2.45, 2.75) is 19.4 Å². The van der Waals surface area contributed by atoms with Crippen molar-refractivity contribution in [3.05, 3.63) is 53.9 Å². The summed E-state index contributed by atoms with van der Waals surface area (Å²) in [6, 6.07) is 5.80. The number of rotatable bonds is 4. The number of nitrogens with zero attached hydrogens (tertiary/aromatic N) is 3. The molecule has 0 saturated carbocycles. The first-order chi connectivity index (χ1) is 8.29. The van der Waals surface area contributed by atoms with Gasteiger partial charge in [0.2, 0.25) is 0 Å². The van der Waals surface area contributed by atoms with Crippen LogP contribution in [-0.2, 0) is 6.42 Å². The van der Waals surface area contributed by atoms with Crippen LogP contribution < -0.4 is 11.3 Å². The SMILES string of the molecule is Cc1nccc(C(Cc2ccncc2)NN)n1. The van der Waals surface area contributed by atoms with Gasteiger partial charge in [-0.15, -0.1) is 0 Å². The van der Waals surface area contributed by atoms with Gasteiger partial charge in [0.1, 0.15) is 5.82 Å². The molecule has 0 aromatic carbocycles. The number of nitrogens with one attached hydrogen (secondary N) is 1. The molecule has 2 aromatic rings. The predicted molar refractivity (Wildman–Crippen MR) is 64.8 cm³/mol. The third-order valence-corrected chi connectivity index (χ3v) is 2.54. The van der Waals surface area contributed by atoms with Crippen molar-refractivity contribution in [3.8, 4) is 0 Å². The molecule has 1 atom stereocenters. The van der Waals surface area contributed by atoms with Crippen molar-refractivity contribution in [2.24, 2.45) is 5.84 Å². The fourth-order valence-corrected chi connectivity index (χ4v) is 1.67. The zero-order valence-corrected chi connectivity index (χ0v) is 9.67. The molecule has 2 rings (SSSR count). The van der Waals surface area contributed by atoms with Gasteiger partial charge in [0.15, 0.2) is 0 Å². The minimum Gasteiger partial charge on any atom is -0.271 e. The lowest BCUT2D eigenvalue weighted by molar-refractivity contribution is 0.535. The Morgan fingerprint density at radius 3 is 2.65 bits per heavy atom.